The maximum Gasteiger partial charge on any atom is 0.209 e. The molecule has 0 unspecified atom stereocenters. The summed E-state index contributed by atoms with van der Waals surface area (Å²) < 4.78 is 7.04. The fourth-order valence-corrected chi connectivity index (χ4v) is 1.73. The molecule has 2 rings (SSSR count). The highest BCUT2D eigenvalue weighted by atomic mass is 16.5. The van der Waals surface area contributed by atoms with Crippen molar-refractivity contribution < 1.29 is 9.53 Å². The minimum Gasteiger partial charge on any atom is -0.371 e. The number of rotatable bonds is 4. The molecule has 0 saturated carbocycles. The highest BCUT2D eigenvalue weighted by Crippen LogP contribution is 2.17. The first-order chi connectivity index (χ1) is 8.09. The summed E-state index contributed by atoms with van der Waals surface area (Å²) in [7, 11) is 1.84. The second kappa shape index (κ2) is 4.67. The number of benzene rings is 1. The number of Topliss-reactive ketones (excluding diaryl/α,β-unsaturated/α-hetero) is 1. The lowest BCUT2D eigenvalue weighted by Gasteiger charge is -2.04. The van der Waals surface area contributed by atoms with E-state index in [1.165, 1.54) is 0 Å². The van der Waals surface area contributed by atoms with Crippen LogP contribution in [-0.4, -0.2) is 28.3 Å². The Bertz CT molecular complexity index is 543. The molecule has 0 aliphatic rings. The van der Waals surface area contributed by atoms with Gasteiger partial charge < -0.3 is 4.74 Å². The molecule has 0 saturated heterocycles. The van der Waals surface area contributed by atoms with Crippen LogP contribution in [0.3, 0.4) is 0 Å². The number of hydrogen-bond acceptors (Lipinski definition) is 3. The number of carbonyl (C=O) groups excluding carboxylic acids is 1. The normalized spacial score (nSPS) is 11.3. The molecule has 0 aliphatic heterocycles. The van der Waals surface area contributed by atoms with Crippen molar-refractivity contribution in [3.05, 3.63) is 30.0 Å². The van der Waals surface area contributed by atoms with E-state index in [1.807, 2.05) is 45.2 Å². The molecule has 0 fully saturated rings. The number of ether oxygens (including phenoxy) is 1. The number of nitrogens with zero attached hydrogens (tertiary/aromatic N) is 2. The quantitative estimate of drug-likeness (QED) is 0.759. The van der Waals surface area contributed by atoms with Gasteiger partial charge >= 0.3 is 0 Å². The minimum absolute atomic E-state index is 0.0499. The van der Waals surface area contributed by atoms with Crippen molar-refractivity contribution in [2.24, 2.45) is 7.05 Å². The van der Waals surface area contributed by atoms with Gasteiger partial charge in [0.15, 0.2) is 0 Å². The second-order valence-electron chi connectivity index (χ2n) is 4.27. The van der Waals surface area contributed by atoms with Crippen LogP contribution >= 0.6 is 0 Å². The number of hydrogen-bond donors (Lipinski definition) is 0. The zero-order valence-corrected chi connectivity index (χ0v) is 10.3. The molecule has 0 bridgehead atoms. The van der Waals surface area contributed by atoms with Crippen molar-refractivity contribution in [1.29, 1.82) is 0 Å². The van der Waals surface area contributed by atoms with E-state index in [0.29, 0.717) is 5.69 Å². The van der Waals surface area contributed by atoms with Crippen LogP contribution in [0.2, 0.25) is 0 Å². The van der Waals surface area contributed by atoms with Crippen molar-refractivity contribution in [1.82, 2.24) is 9.78 Å². The first kappa shape index (κ1) is 11.8. The van der Waals surface area contributed by atoms with Gasteiger partial charge in [-0.05, 0) is 19.9 Å². The van der Waals surface area contributed by atoms with E-state index in [2.05, 4.69) is 5.10 Å². The molecule has 0 atom stereocenters. The molecule has 17 heavy (non-hydrogen) atoms. The molecule has 2 aromatic rings. The number of ketones is 1. The average Bonchev–Trinajstić information content (AvgIpc) is 2.65. The van der Waals surface area contributed by atoms with Gasteiger partial charge in [-0.15, -0.1) is 0 Å². The monoisotopic (exact) mass is 232 g/mol. The third-order valence-corrected chi connectivity index (χ3v) is 2.57. The summed E-state index contributed by atoms with van der Waals surface area (Å²) in [4.78, 5) is 12.0. The summed E-state index contributed by atoms with van der Waals surface area (Å²) in [5, 5.41) is 5.14. The predicted octanol–water partition coefficient (Wildman–Crippen LogP) is 2.18. The molecular formula is C13H16N2O2. The number of aryl methyl sites for hydroxylation is 1. The Labute approximate surface area is 100 Å². The number of fused-ring (bicyclic) bond motifs is 1. The summed E-state index contributed by atoms with van der Waals surface area (Å²) in [6, 6.07) is 7.69. The third-order valence-electron chi connectivity index (χ3n) is 2.57. The zero-order chi connectivity index (χ0) is 12.4. The van der Waals surface area contributed by atoms with Gasteiger partial charge in [0, 0.05) is 12.4 Å². The molecular weight excluding hydrogens is 216 g/mol. The highest BCUT2D eigenvalue weighted by Gasteiger charge is 2.15. The van der Waals surface area contributed by atoms with Crippen molar-refractivity contribution >= 4 is 16.7 Å². The van der Waals surface area contributed by atoms with Crippen LogP contribution in [0.15, 0.2) is 24.3 Å². The van der Waals surface area contributed by atoms with E-state index < -0.39 is 0 Å². The van der Waals surface area contributed by atoms with Gasteiger partial charge in [-0.3, -0.25) is 9.48 Å². The molecule has 0 aliphatic carbocycles. The van der Waals surface area contributed by atoms with E-state index in [-0.39, 0.29) is 18.5 Å². The average molecular weight is 232 g/mol. The Hall–Kier alpha value is -1.68. The highest BCUT2D eigenvalue weighted by molar-refractivity contribution is 6.06. The summed E-state index contributed by atoms with van der Waals surface area (Å²) in [5.74, 6) is -0.0736. The molecule has 1 aromatic heterocycles. The molecule has 0 N–H and O–H groups in total. The van der Waals surface area contributed by atoms with Gasteiger partial charge in [-0.25, -0.2) is 0 Å². The first-order valence-electron chi connectivity index (χ1n) is 5.66. The van der Waals surface area contributed by atoms with Crippen LogP contribution in [0, 0.1) is 0 Å². The third kappa shape index (κ3) is 2.36. The molecule has 0 spiro atoms. The van der Waals surface area contributed by atoms with Gasteiger partial charge in [-0.2, -0.15) is 5.10 Å². The van der Waals surface area contributed by atoms with Gasteiger partial charge in [0.05, 0.1) is 11.6 Å². The van der Waals surface area contributed by atoms with Crippen LogP contribution in [0.5, 0.6) is 0 Å². The smallest absolute Gasteiger partial charge is 0.209 e. The summed E-state index contributed by atoms with van der Waals surface area (Å²) in [6.45, 7) is 3.90. The number of para-hydroxylation sites is 1. The zero-order valence-electron chi connectivity index (χ0n) is 10.3. The molecule has 90 valence electrons. The van der Waals surface area contributed by atoms with Crippen LogP contribution in [0.4, 0.5) is 0 Å². The Balaban J connectivity index is 2.32. The summed E-state index contributed by atoms with van der Waals surface area (Å²) in [6.07, 6.45) is 0.0499. The topological polar surface area (TPSA) is 44.1 Å². The maximum atomic E-state index is 12.0. The van der Waals surface area contributed by atoms with Crippen LogP contribution in [0.25, 0.3) is 10.9 Å². The Morgan fingerprint density at radius 1 is 1.41 bits per heavy atom. The second-order valence-corrected chi connectivity index (χ2v) is 4.27. The lowest BCUT2D eigenvalue weighted by molar-refractivity contribution is 0.0581. The van der Waals surface area contributed by atoms with Crippen molar-refractivity contribution in [2.75, 3.05) is 6.61 Å². The number of carbonyl (C=O) groups is 1. The van der Waals surface area contributed by atoms with Gasteiger partial charge in [0.25, 0.3) is 0 Å². The Morgan fingerprint density at radius 3 is 2.82 bits per heavy atom. The van der Waals surface area contributed by atoms with E-state index in [1.54, 1.807) is 4.68 Å². The predicted molar refractivity (Wildman–Crippen MR) is 66.1 cm³/mol. The molecule has 0 radical (unpaired) electrons. The van der Waals surface area contributed by atoms with Crippen LogP contribution < -0.4 is 0 Å². The lowest BCUT2D eigenvalue weighted by atomic mass is 10.1. The number of aromatic nitrogens is 2. The Morgan fingerprint density at radius 2 is 2.12 bits per heavy atom. The largest absolute Gasteiger partial charge is 0.371 e. The van der Waals surface area contributed by atoms with E-state index in [9.17, 15) is 4.79 Å². The van der Waals surface area contributed by atoms with Crippen molar-refractivity contribution in [3.8, 4) is 0 Å². The fraction of sp³-hybridized carbons (Fsp3) is 0.385. The maximum absolute atomic E-state index is 12.0. The van der Waals surface area contributed by atoms with Gasteiger partial charge in [-0.1, -0.05) is 18.2 Å². The Kier molecular flexibility index (Phi) is 3.24. The van der Waals surface area contributed by atoms with Gasteiger partial charge in [0.2, 0.25) is 5.78 Å². The molecule has 1 aromatic carbocycles. The van der Waals surface area contributed by atoms with Gasteiger partial charge in [0.1, 0.15) is 12.3 Å². The van der Waals surface area contributed by atoms with Crippen LogP contribution in [-0.2, 0) is 11.8 Å². The SMILES string of the molecule is CC(C)OCC(=O)c1nn(C)c2ccccc12. The molecule has 4 heteroatoms. The standard InChI is InChI=1S/C13H16N2O2/c1-9(2)17-8-12(16)13-10-6-4-5-7-11(10)15(3)14-13/h4-7,9H,8H2,1-3H3. The van der Waals surface area contributed by atoms with Crippen molar-refractivity contribution in [2.45, 2.75) is 20.0 Å². The van der Waals surface area contributed by atoms with Crippen molar-refractivity contribution in [3.63, 3.8) is 0 Å². The first-order valence-corrected chi connectivity index (χ1v) is 5.66. The van der Waals surface area contributed by atoms with E-state index in [0.717, 1.165) is 10.9 Å². The molecule has 4 nitrogen and oxygen atoms in total. The minimum atomic E-state index is -0.0736. The summed E-state index contributed by atoms with van der Waals surface area (Å²) >= 11 is 0. The lowest BCUT2D eigenvalue weighted by Crippen LogP contribution is -2.14. The van der Waals surface area contributed by atoms with E-state index in [4.69, 9.17) is 4.74 Å². The molecule has 0 amide bonds. The van der Waals surface area contributed by atoms with E-state index >= 15 is 0 Å². The fourth-order valence-electron chi connectivity index (χ4n) is 1.73. The molecule has 1 heterocycles. The van der Waals surface area contributed by atoms with Crippen LogP contribution in [0.1, 0.15) is 24.3 Å². The summed E-state index contributed by atoms with van der Waals surface area (Å²) in [5.41, 5.74) is 1.45.